The molecule has 12 aromatic rings. The summed E-state index contributed by atoms with van der Waals surface area (Å²) in [4.78, 5) is 10.3. The van der Waals surface area contributed by atoms with Gasteiger partial charge in [-0.25, -0.2) is 9.97 Å². The molecule has 0 saturated heterocycles. The lowest BCUT2D eigenvalue weighted by Crippen LogP contribution is -1.98. The number of allylic oxidation sites excluding steroid dienone is 4. The number of aromatic nitrogens is 4. The fraction of sp³-hybridized carbons (Fsp3) is 0.0345. The molecule has 4 heterocycles. The van der Waals surface area contributed by atoms with Crippen LogP contribution in [-0.2, 0) is 0 Å². The fourth-order valence-electron chi connectivity index (χ4n) is 9.82. The number of nitrogens with zero attached hydrogens (tertiary/aromatic N) is 4. The molecule has 0 amide bonds. The first-order valence-electron chi connectivity index (χ1n) is 21.6. The van der Waals surface area contributed by atoms with Crippen LogP contribution in [0.1, 0.15) is 18.5 Å². The van der Waals surface area contributed by atoms with Crippen molar-refractivity contribution in [2.24, 2.45) is 0 Å². The van der Waals surface area contributed by atoms with E-state index in [1.54, 1.807) is 0 Å². The van der Waals surface area contributed by atoms with Crippen molar-refractivity contribution in [2.75, 3.05) is 0 Å². The maximum Gasteiger partial charge on any atom is 0.179 e. The minimum absolute atomic E-state index is 0.700. The maximum atomic E-state index is 6.65. The van der Waals surface area contributed by atoms with E-state index in [9.17, 15) is 0 Å². The third-order valence-electron chi connectivity index (χ3n) is 12.8. The van der Waals surface area contributed by atoms with Gasteiger partial charge in [-0.15, -0.1) is 0 Å². The van der Waals surface area contributed by atoms with Crippen LogP contribution in [0.15, 0.2) is 211 Å². The van der Waals surface area contributed by atoms with Crippen molar-refractivity contribution in [2.45, 2.75) is 12.8 Å². The molecule has 296 valence electrons. The Morgan fingerprint density at radius 3 is 1.68 bits per heavy atom. The van der Waals surface area contributed by atoms with Crippen molar-refractivity contribution in [3.63, 3.8) is 0 Å². The number of hydrogen-bond donors (Lipinski definition) is 0. The Hall–Kier alpha value is -8.28. The van der Waals surface area contributed by atoms with Crippen LogP contribution in [0.3, 0.4) is 0 Å². The van der Waals surface area contributed by atoms with Gasteiger partial charge in [0.1, 0.15) is 16.8 Å². The van der Waals surface area contributed by atoms with Crippen LogP contribution in [0, 0.1) is 0 Å². The Labute approximate surface area is 363 Å². The zero-order chi connectivity index (χ0) is 41.4. The van der Waals surface area contributed by atoms with E-state index in [1.165, 1.54) is 54.8 Å². The molecule has 0 radical (unpaired) electrons. The average Bonchev–Trinajstić information content (AvgIpc) is 4.01. The summed E-state index contributed by atoms with van der Waals surface area (Å²) < 4.78 is 11.4. The number of hydrogen-bond acceptors (Lipinski definition) is 3. The molecule has 0 atom stereocenters. The molecule has 0 fully saturated rings. The summed E-state index contributed by atoms with van der Waals surface area (Å²) >= 11 is 0. The molecule has 4 aromatic heterocycles. The Morgan fingerprint density at radius 1 is 0.429 bits per heavy atom. The lowest BCUT2D eigenvalue weighted by Gasteiger charge is -2.11. The highest BCUT2D eigenvalue weighted by Crippen LogP contribution is 2.41. The zero-order valence-corrected chi connectivity index (χ0v) is 34.2. The van der Waals surface area contributed by atoms with Gasteiger partial charge >= 0.3 is 0 Å². The van der Waals surface area contributed by atoms with Crippen molar-refractivity contribution < 1.29 is 4.42 Å². The van der Waals surface area contributed by atoms with Crippen molar-refractivity contribution in [1.82, 2.24) is 19.1 Å². The quantitative estimate of drug-likeness (QED) is 0.168. The molecule has 0 aliphatic heterocycles. The molecular weight excluding hydrogens is 769 g/mol. The zero-order valence-electron chi connectivity index (χ0n) is 34.2. The maximum absolute atomic E-state index is 6.65. The topological polar surface area (TPSA) is 48.8 Å². The molecule has 5 nitrogen and oxygen atoms in total. The fourth-order valence-corrected chi connectivity index (χ4v) is 9.82. The lowest BCUT2D eigenvalue weighted by molar-refractivity contribution is 0.663. The smallest absolute Gasteiger partial charge is 0.179 e. The lowest BCUT2D eigenvalue weighted by atomic mass is 10.0. The van der Waals surface area contributed by atoms with E-state index < -0.39 is 0 Å². The van der Waals surface area contributed by atoms with E-state index in [-0.39, 0.29) is 0 Å². The Kier molecular flexibility index (Phi) is 7.97. The van der Waals surface area contributed by atoms with Crippen molar-refractivity contribution >= 4 is 71.3 Å². The van der Waals surface area contributed by atoms with Crippen LogP contribution in [0.5, 0.6) is 0 Å². The van der Waals surface area contributed by atoms with E-state index in [0.29, 0.717) is 5.82 Å². The van der Waals surface area contributed by atoms with Gasteiger partial charge in [0.15, 0.2) is 11.4 Å². The number of para-hydroxylation sites is 2. The van der Waals surface area contributed by atoms with Crippen LogP contribution >= 0.6 is 0 Å². The van der Waals surface area contributed by atoms with Crippen LogP contribution < -0.4 is 0 Å². The van der Waals surface area contributed by atoms with Crippen molar-refractivity contribution in [1.29, 1.82) is 0 Å². The van der Waals surface area contributed by atoms with Crippen LogP contribution in [-0.4, -0.2) is 19.1 Å². The van der Waals surface area contributed by atoms with Gasteiger partial charge in [0.05, 0.1) is 22.1 Å². The third-order valence-corrected chi connectivity index (χ3v) is 12.8. The first-order chi connectivity index (χ1) is 31.2. The van der Waals surface area contributed by atoms with Crippen molar-refractivity contribution in [3.05, 3.63) is 212 Å². The highest BCUT2D eigenvalue weighted by Gasteiger charge is 2.22. The van der Waals surface area contributed by atoms with Crippen LogP contribution in [0.25, 0.3) is 116 Å². The number of furan rings is 1. The predicted molar refractivity (Wildman–Crippen MR) is 261 cm³/mol. The van der Waals surface area contributed by atoms with Gasteiger partial charge in [0.25, 0.3) is 0 Å². The molecule has 1 aliphatic carbocycles. The molecule has 8 aromatic carbocycles. The first kappa shape index (κ1) is 35.5. The molecule has 0 N–H and O–H groups in total. The summed E-state index contributed by atoms with van der Waals surface area (Å²) in [6, 6.07) is 67.5. The molecule has 63 heavy (non-hydrogen) atoms. The normalized spacial score (nSPS) is 13.0. The summed E-state index contributed by atoms with van der Waals surface area (Å²) in [5.41, 5.74) is 17.0. The third kappa shape index (κ3) is 5.70. The van der Waals surface area contributed by atoms with E-state index in [0.717, 1.165) is 74.1 Å². The van der Waals surface area contributed by atoms with Crippen molar-refractivity contribution in [3.8, 4) is 45.0 Å². The molecule has 0 saturated carbocycles. The van der Waals surface area contributed by atoms with E-state index in [1.807, 2.05) is 18.2 Å². The number of fused-ring (bicyclic) bond motifs is 9. The second-order valence-electron chi connectivity index (χ2n) is 16.5. The Morgan fingerprint density at radius 2 is 1.02 bits per heavy atom. The Balaban J connectivity index is 0.954. The van der Waals surface area contributed by atoms with Gasteiger partial charge in [-0.2, -0.15) is 0 Å². The first-order valence-corrected chi connectivity index (χ1v) is 21.6. The standard InChI is InChI=1S/C58H38N4O/c1-4-15-37(16-5-1)40-21-14-22-43(33-40)61-50-25-12-10-23-45(50)47-34-41(27-30-52(47)61)42-28-31-53-48(35-42)46-24-11-13-26-51(46)62(53)44-29-32-54-49(36-44)56-57(63-54)55(38-17-6-2-7-18-38)59-58(60-56)39-19-8-3-9-20-39/h1-6,8-17,19-36H,7,18H2. The highest BCUT2D eigenvalue weighted by molar-refractivity contribution is 6.13. The van der Waals surface area contributed by atoms with Gasteiger partial charge in [-0.05, 0) is 107 Å². The minimum atomic E-state index is 0.700. The Bertz CT molecular complexity index is 3850. The van der Waals surface area contributed by atoms with Gasteiger partial charge in [0.2, 0.25) is 0 Å². The summed E-state index contributed by atoms with van der Waals surface area (Å²) in [5.74, 6) is 0.700. The number of benzene rings is 8. The molecule has 0 bridgehead atoms. The second-order valence-corrected chi connectivity index (χ2v) is 16.5. The molecule has 13 rings (SSSR count). The average molecular weight is 807 g/mol. The monoisotopic (exact) mass is 806 g/mol. The largest absolute Gasteiger partial charge is 0.452 e. The van der Waals surface area contributed by atoms with Gasteiger partial charge in [-0.1, -0.05) is 140 Å². The summed E-state index contributed by atoms with van der Waals surface area (Å²) in [6.45, 7) is 0. The predicted octanol–water partition coefficient (Wildman–Crippen LogP) is 15.3. The molecule has 0 unspecified atom stereocenters. The SMILES string of the molecule is C1=CCCC(c2nc(-c3ccccc3)nc3c2oc2ccc(-n4c5ccccc5c5cc(-c6ccc7c(c6)c6ccccc6n7-c6cccc(-c7ccccc7)c6)ccc54)cc23)=C1. The number of rotatable bonds is 6. The van der Waals surface area contributed by atoms with Gasteiger partial charge < -0.3 is 13.6 Å². The van der Waals surface area contributed by atoms with E-state index in [4.69, 9.17) is 14.4 Å². The van der Waals surface area contributed by atoms with E-state index in [2.05, 4.69) is 197 Å². The second kappa shape index (κ2) is 14.2. The van der Waals surface area contributed by atoms with Crippen LogP contribution in [0.4, 0.5) is 0 Å². The van der Waals surface area contributed by atoms with E-state index >= 15 is 0 Å². The van der Waals surface area contributed by atoms with Gasteiger partial charge in [0, 0.05) is 43.9 Å². The highest BCUT2D eigenvalue weighted by atomic mass is 16.3. The summed E-state index contributed by atoms with van der Waals surface area (Å²) in [7, 11) is 0. The molecule has 1 aliphatic rings. The van der Waals surface area contributed by atoms with Crippen LogP contribution in [0.2, 0.25) is 0 Å². The molecular formula is C58H38N4O. The van der Waals surface area contributed by atoms with Gasteiger partial charge in [-0.3, -0.25) is 0 Å². The molecule has 0 spiro atoms. The minimum Gasteiger partial charge on any atom is -0.452 e. The summed E-state index contributed by atoms with van der Waals surface area (Å²) in [6.07, 6.45) is 8.36. The summed E-state index contributed by atoms with van der Waals surface area (Å²) in [5, 5.41) is 5.84. The molecule has 5 heteroatoms.